The molecule has 2 N–H and O–H groups in total. The molecule has 0 unspecified atom stereocenters. The molecule has 15 heavy (non-hydrogen) atoms. The van der Waals surface area contributed by atoms with Gasteiger partial charge in [-0.05, 0) is 24.5 Å². The van der Waals surface area contributed by atoms with Gasteiger partial charge in [-0.25, -0.2) is 4.98 Å². The summed E-state index contributed by atoms with van der Waals surface area (Å²) in [6.07, 6.45) is 6.44. The summed E-state index contributed by atoms with van der Waals surface area (Å²) in [6, 6.07) is 8.15. The molecule has 0 spiro atoms. The number of pyridine rings is 1. The Bertz CT molecular complexity index is 556. The Morgan fingerprint density at radius 2 is 2.07 bits per heavy atom. The van der Waals surface area contributed by atoms with E-state index in [1.807, 2.05) is 18.2 Å². The normalized spacial score (nSPS) is 14.1. The fraction of sp³-hybridized carbons (Fsp3) is 0.154. The number of hydrogen-bond acceptors (Lipinski definition) is 2. The molecular formula is C13H12N2. The maximum Gasteiger partial charge on any atom is 0.127 e. The van der Waals surface area contributed by atoms with Gasteiger partial charge >= 0.3 is 0 Å². The summed E-state index contributed by atoms with van der Waals surface area (Å²) in [6.45, 7) is 0. The van der Waals surface area contributed by atoms with E-state index in [1.54, 1.807) is 0 Å². The molecule has 0 aliphatic heterocycles. The van der Waals surface area contributed by atoms with Crippen LogP contribution in [0.5, 0.6) is 0 Å². The second kappa shape index (κ2) is 3.09. The van der Waals surface area contributed by atoms with Crippen molar-refractivity contribution < 1.29 is 0 Å². The second-order valence-electron chi connectivity index (χ2n) is 3.85. The SMILES string of the molecule is Nc1nc2ccccc2c2c1CCC=C2. The van der Waals surface area contributed by atoms with Crippen molar-refractivity contribution in [3.05, 3.63) is 41.5 Å². The zero-order valence-corrected chi connectivity index (χ0v) is 8.40. The molecule has 0 radical (unpaired) electrons. The van der Waals surface area contributed by atoms with E-state index in [2.05, 4.69) is 23.2 Å². The first-order valence-electron chi connectivity index (χ1n) is 5.20. The van der Waals surface area contributed by atoms with Crippen molar-refractivity contribution in [2.75, 3.05) is 5.73 Å². The van der Waals surface area contributed by atoms with Crippen molar-refractivity contribution in [2.24, 2.45) is 0 Å². The fourth-order valence-electron chi connectivity index (χ4n) is 2.18. The van der Waals surface area contributed by atoms with Gasteiger partial charge in [0.15, 0.2) is 0 Å². The molecule has 1 aliphatic carbocycles. The summed E-state index contributed by atoms with van der Waals surface area (Å²) in [5, 5.41) is 1.21. The number of hydrogen-bond donors (Lipinski definition) is 1. The van der Waals surface area contributed by atoms with Gasteiger partial charge in [-0.1, -0.05) is 30.4 Å². The predicted octanol–water partition coefficient (Wildman–Crippen LogP) is 2.78. The number of nitrogens with zero attached hydrogens (tertiary/aromatic N) is 1. The van der Waals surface area contributed by atoms with Crippen molar-refractivity contribution >= 4 is 22.8 Å². The Morgan fingerprint density at radius 1 is 1.20 bits per heavy atom. The van der Waals surface area contributed by atoms with Crippen LogP contribution in [0.2, 0.25) is 0 Å². The fourth-order valence-corrected chi connectivity index (χ4v) is 2.18. The van der Waals surface area contributed by atoms with Crippen molar-refractivity contribution in [3.8, 4) is 0 Å². The summed E-state index contributed by atoms with van der Waals surface area (Å²) >= 11 is 0. The number of nitrogen functional groups attached to an aromatic ring is 1. The maximum atomic E-state index is 5.96. The average Bonchev–Trinajstić information content (AvgIpc) is 2.30. The van der Waals surface area contributed by atoms with E-state index in [9.17, 15) is 0 Å². The molecule has 1 heterocycles. The molecule has 74 valence electrons. The molecule has 0 amide bonds. The molecule has 1 aromatic heterocycles. The van der Waals surface area contributed by atoms with E-state index >= 15 is 0 Å². The van der Waals surface area contributed by atoms with Crippen molar-refractivity contribution in [3.63, 3.8) is 0 Å². The first-order valence-corrected chi connectivity index (χ1v) is 5.20. The number of anilines is 1. The lowest BCUT2D eigenvalue weighted by atomic mass is 9.94. The first kappa shape index (κ1) is 8.48. The Hall–Kier alpha value is -1.83. The summed E-state index contributed by atoms with van der Waals surface area (Å²) in [4.78, 5) is 4.43. The predicted molar refractivity (Wildman–Crippen MR) is 63.5 cm³/mol. The van der Waals surface area contributed by atoms with Gasteiger partial charge in [-0.3, -0.25) is 0 Å². The standard InChI is InChI=1S/C13H12N2/c14-13-11-7-2-1-5-9(11)10-6-3-4-8-12(10)15-13/h1,3-6,8H,2,7H2,(H2,14,15). The molecule has 2 heteroatoms. The van der Waals surface area contributed by atoms with Gasteiger partial charge < -0.3 is 5.73 Å². The van der Waals surface area contributed by atoms with Crippen molar-refractivity contribution in [1.29, 1.82) is 0 Å². The lowest BCUT2D eigenvalue weighted by molar-refractivity contribution is 0.984. The van der Waals surface area contributed by atoms with Crippen LogP contribution in [-0.4, -0.2) is 4.98 Å². The number of para-hydroxylation sites is 1. The minimum absolute atomic E-state index is 0.688. The highest BCUT2D eigenvalue weighted by atomic mass is 14.8. The highest BCUT2D eigenvalue weighted by Crippen LogP contribution is 2.29. The van der Waals surface area contributed by atoms with Crippen LogP contribution in [0.4, 0.5) is 5.82 Å². The van der Waals surface area contributed by atoms with E-state index in [4.69, 9.17) is 5.73 Å². The number of nitrogens with two attached hydrogens (primary N) is 1. The summed E-state index contributed by atoms with van der Waals surface area (Å²) in [7, 11) is 0. The number of benzene rings is 1. The third-order valence-electron chi connectivity index (χ3n) is 2.91. The van der Waals surface area contributed by atoms with E-state index in [0.717, 1.165) is 18.4 Å². The average molecular weight is 196 g/mol. The van der Waals surface area contributed by atoms with Crippen LogP contribution in [0.25, 0.3) is 17.0 Å². The summed E-state index contributed by atoms with van der Waals surface area (Å²) in [5.41, 5.74) is 9.41. The zero-order chi connectivity index (χ0) is 10.3. The highest BCUT2D eigenvalue weighted by Gasteiger charge is 2.12. The molecule has 2 nitrogen and oxygen atoms in total. The Balaban J connectivity index is 2.46. The van der Waals surface area contributed by atoms with E-state index in [0.29, 0.717) is 5.82 Å². The van der Waals surface area contributed by atoms with Crippen LogP contribution in [-0.2, 0) is 6.42 Å². The number of rotatable bonds is 0. The van der Waals surface area contributed by atoms with E-state index < -0.39 is 0 Å². The van der Waals surface area contributed by atoms with Crippen LogP contribution < -0.4 is 5.73 Å². The first-order chi connectivity index (χ1) is 7.36. The van der Waals surface area contributed by atoms with Crippen LogP contribution in [0, 0.1) is 0 Å². The molecule has 3 rings (SSSR count). The van der Waals surface area contributed by atoms with E-state index in [-0.39, 0.29) is 0 Å². The van der Waals surface area contributed by atoms with Gasteiger partial charge in [-0.15, -0.1) is 0 Å². The molecule has 0 bridgehead atoms. The largest absolute Gasteiger partial charge is 0.383 e. The Kier molecular flexibility index (Phi) is 1.75. The van der Waals surface area contributed by atoms with Gasteiger partial charge in [0.2, 0.25) is 0 Å². The number of allylic oxidation sites excluding steroid dienone is 1. The lowest BCUT2D eigenvalue weighted by Crippen LogP contribution is -2.04. The van der Waals surface area contributed by atoms with Crippen molar-refractivity contribution in [1.82, 2.24) is 4.98 Å². The molecule has 0 saturated carbocycles. The minimum atomic E-state index is 0.688. The molecular weight excluding hydrogens is 184 g/mol. The summed E-state index contributed by atoms with van der Waals surface area (Å²) in [5.74, 6) is 0.688. The molecule has 2 aromatic rings. The molecule has 1 aliphatic rings. The minimum Gasteiger partial charge on any atom is -0.383 e. The molecule has 1 aromatic carbocycles. The number of aromatic nitrogens is 1. The van der Waals surface area contributed by atoms with Crippen LogP contribution >= 0.6 is 0 Å². The third kappa shape index (κ3) is 1.22. The van der Waals surface area contributed by atoms with Crippen LogP contribution in [0.15, 0.2) is 30.3 Å². The van der Waals surface area contributed by atoms with Crippen LogP contribution in [0.3, 0.4) is 0 Å². The van der Waals surface area contributed by atoms with Gasteiger partial charge in [0.1, 0.15) is 5.82 Å². The zero-order valence-electron chi connectivity index (χ0n) is 8.40. The second-order valence-corrected chi connectivity index (χ2v) is 3.85. The monoisotopic (exact) mass is 196 g/mol. The van der Waals surface area contributed by atoms with Gasteiger partial charge in [-0.2, -0.15) is 0 Å². The quantitative estimate of drug-likeness (QED) is 0.703. The smallest absolute Gasteiger partial charge is 0.127 e. The molecule has 0 saturated heterocycles. The Labute approximate surface area is 88.4 Å². The molecule has 0 fully saturated rings. The summed E-state index contributed by atoms with van der Waals surface area (Å²) < 4.78 is 0. The third-order valence-corrected chi connectivity index (χ3v) is 2.91. The van der Waals surface area contributed by atoms with Gasteiger partial charge in [0.25, 0.3) is 0 Å². The number of fused-ring (bicyclic) bond motifs is 3. The Morgan fingerprint density at radius 3 is 3.00 bits per heavy atom. The molecule has 0 atom stereocenters. The van der Waals surface area contributed by atoms with E-state index in [1.165, 1.54) is 16.5 Å². The van der Waals surface area contributed by atoms with Gasteiger partial charge in [0.05, 0.1) is 5.52 Å². The van der Waals surface area contributed by atoms with Crippen LogP contribution in [0.1, 0.15) is 17.5 Å². The lowest BCUT2D eigenvalue weighted by Gasteiger charge is -2.14. The van der Waals surface area contributed by atoms with Gasteiger partial charge in [0, 0.05) is 10.9 Å². The highest BCUT2D eigenvalue weighted by molar-refractivity contribution is 5.91. The van der Waals surface area contributed by atoms with Crippen molar-refractivity contribution in [2.45, 2.75) is 12.8 Å². The maximum absolute atomic E-state index is 5.96. The topological polar surface area (TPSA) is 38.9 Å².